The summed E-state index contributed by atoms with van der Waals surface area (Å²) < 4.78 is 9.68. The van der Waals surface area contributed by atoms with Crippen molar-refractivity contribution >= 4 is 12.1 Å². The average Bonchev–Trinajstić information content (AvgIpc) is 2.05. The molecule has 0 N–H and O–H groups in total. The van der Waals surface area contributed by atoms with Crippen LogP contribution < -0.4 is 0 Å². The molecule has 0 aliphatic rings. The summed E-state index contributed by atoms with van der Waals surface area (Å²) in [6.45, 7) is 2.82. The number of carbonyl (C=O) groups is 2. The van der Waals surface area contributed by atoms with Crippen molar-refractivity contribution in [3.8, 4) is 0 Å². The SMILES string of the molecule is COC(OC)C(C)(C=O)C(C)=O. The fourth-order valence-corrected chi connectivity index (χ4v) is 0.890. The predicted molar refractivity (Wildman–Crippen MR) is 42.7 cm³/mol. The molecular formula is C8H14O4. The van der Waals surface area contributed by atoms with E-state index in [-0.39, 0.29) is 5.78 Å². The molecule has 0 aromatic rings. The highest BCUT2D eigenvalue weighted by molar-refractivity contribution is 5.96. The van der Waals surface area contributed by atoms with Crippen LogP contribution in [0.5, 0.6) is 0 Å². The largest absolute Gasteiger partial charge is 0.354 e. The Kier molecular flexibility index (Phi) is 4.06. The molecular weight excluding hydrogens is 160 g/mol. The van der Waals surface area contributed by atoms with Gasteiger partial charge in [0.25, 0.3) is 0 Å². The number of carbonyl (C=O) groups excluding carboxylic acids is 2. The lowest BCUT2D eigenvalue weighted by Gasteiger charge is -2.27. The summed E-state index contributed by atoms with van der Waals surface area (Å²) in [5.74, 6) is -0.272. The molecule has 0 aromatic heterocycles. The molecule has 1 unspecified atom stereocenters. The van der Waals surface area contributed by atoms with E-state index < -0.39 is 11.7 Å². The fourth-order valence-electron chi connectivity index (χ4n) is 0.890. The smallest absolute Gasteiger partial charge is 0.175 e. The summed E-state index contributed by atoms with van der Waals surface area (Å²) in [4.78, 5) is 21.7. The highest BCUT2D eigenvalue weighted by Crippen LogP contribution is 2.22. The first-order valence-corrected chi connectivity index (χ1v) is 3.56. The maximum atomic E-state index is 11.1. The number of methoxy groups -OCH3 is 2. The standard InChI is InChI=1S/C8H14O4/c1-6(10)8(2,5-9)7(11-3)12-4/h5,7H,1-4H3. The van der Waals surface area contributed by atoms with Gasteiger partial charge in [-0.1, -0.05) is 0 Å². The minimum Gasteiger partial charge on any atom is -0.354 e. The van der Waals surface area contributed by atoms with Gasteiger partial charge in [0.15, 0.2) is 6.29 Å². The Morgan fingerprint density at radius 1 is 1.42 bits per heavy atom. The van der Waals surface area contributed by atoms with Crippen LogP contribution in [0, 0.1) is 5.41 Å². The quantitative estimate of drug-likeness (QED) is 0.344. The summed E-state index contributed by atoms with van der Waals surface area (Å²) in [6, 6.07) is 0. The Hall–Kier alpha value is -0.740. The van der Waals surface area contributed by atoms with Crippen LogP contribution in [-0.2, 0) is 19.1 Å². The van der Waals surface area contributed by atoms with Crippen molar-refractivity contribution in [3.05, 3.63) is 0 Å². The molecule has 4 heteroatoms. The molecule has 0 rings (SSSR count). The van der Waals surface area contributed by atoms with E-state index >= 15 is 0 Å². The van der Waals surface area contributed by atoms with Crippen LogP contribution in [0.25, 0.3) is 0 Å². The second kappa shape index (κ2) is 4.33. The van der Waals surface area contributed by atoms with Gasteiger partial charge in [0, 0.05) is 14.2 Å². The van der Waals surface area contributed by atoms with Gasteiger partial charge < -0.3 is 14.3 Å². The fraction of sp³-hybridized carbons (Fsp3) is 0.750. The van der Waals surface area contributed by atoms with E-state index in [1.165, 1.54) is 28.1 Å². The van der Waals surface area contributed by atoms with E-state index in [1.54, 1.807) is 0 Å². The molecule has 0 amide bonds. The normalized spacial score (nSPS) is 15.8. The molecule has 1 atom stereocenters. The Bertz CT molecular complexity index is 174. The van der Waals surface area contributed by atoms with E-state index in [4.69, 9.17) is 9.47 Å². The Balaban J connectivity index is 4.70. The van der Waals surface area contributed by atoms with Crippen LogP contribution in [0.15, 0.2) is 0 Å². The molecule has 0 aliphatic carbocycles. The van der Waals surface area contributed by atoms with Gasteiger partial charge >= 0.3 is 0 Å². The van der Waals surface area contributed by atoms with Gasteiger partial charge in [-0.2, -0.15) is 0 Å². The van der Waals surface area contributed by atoms with Crippen molar-refractivity contribution in [2.75, 3.05) is 14.2 Å². The molecule has 0 radical (unpaired) electrons. The van der Waals surface area contributed by atoms with Gasteiger partial charge in [0.2, 0.25) is 0 Å². The van der Waals surface area contributed by atoms with E-state index in [0.717, 1.165) is 0 Å². The highest BCUT2D eigenvalue weighted by atomic mass is 16.7. The van der Waals surface area contributed by atoms with Gasteiger partial charge in [0.05, 0.1) is 0 Å². The minimum absolute atomic E-state index is 0.272. The molecule has 0 aliphatic heterocycles. The minimum atomic E-state index is -1.20. The van der Waals surface area contributed by atoms with Gasteiger partial charge in [-0.15, -0.1) is 0 Å². The number of hydrogen-bond donors (Lipinski definition) is 0. The van der Waals surface area contributed by atoms with Crippen LogP contribution in [0.1, 0.15) is 13.8 Å². The topological polar surface area (TPSA) is 52.6 Å². The predicted octanol–water partition coefficient (Wildman–Crippen LogP) is 0.399. The summed E-state index contributed by atoms with van der Waals surface area (Å²) in [7, 11) is 2.78. The Morgan fingerprint density at radius 2 is 1.83 bits per heavy atom. The van der Waals surface area contributed by atoms with Crippen molar-refractivity contribution in [1.29, 1.82) is 0 Å². The van der Waals surface area contributed by atoms with E-state index in [1.807, 2.05) is 0 Å². The molecule has 0 bridgehead atoms. The Morgan fingerprint density at radius 3 is 1.92 bits per heavy atom. The highest BCUT2D eigenvalue weighted by Gasteiger charge is 2.39. The molecule has 0 saturated heterocycles. The zero-order valence-electron chi connectivity index (χ0n) is 7.79. The molecule has 4 nitrogen and oxygen atoms in total. The molecule has 0 heterocycles. The number of aldehydes is 1. The van der Waals surface area contributed by atoms with Crippen molar-refractivity contribution < 1.29 is 19.1 Å². The summed E-state index contributed by atoms with van der Waals surface area (Å²) in [5, 5.41) is 0. The van der Waals surface area contributed by atoms with Crippen LogP contribution in [-0.4, -0.2) is 32.6 Å². The summed E-state index contributed by atoms with van der Waals surface area (Å²) >= 11 is 0. The van der Waals surface area contributed by atoms with Gasteiger partial charge in [-0.3, -0.25) is 4.79 Å². The van der Waals surface area contributed by atoms with Crippen LogP contribution >= 0.6 is 0 Å². The Labute approximate surface area is 71.8 Å². The van der Waals surface area contributed by atoms with Crippen molar-refractivity contribution in [1.82, 2.24) is 0 Å². The van der Waals surface area contributed by atoms with Gasteiger partial charge in [-0.05, 0) is 13.8 Å². The number of hydrogen-bond acceptors (Lipinski definition) is 4. The molecule has 0 aromatic carbocycles. The second-order valence-corrected chi connectivity index (χ2v) is 2.76. The summed E-state index contributed by atoms with van der Waals surface area (Å²) in [5.41, 5.74) is -1.20. The lowest BCUT2D eigenvalue weighted by molar-refractivity contribution is -0.179. The number of ether oxygens (including phenoxy) is 2. The van der Waals surface area contributed by atoms with Crippen LogP contribution in [0.2, 0.25) is 0 Å². The van der Waals surface area contributed by atoms with E-state index in [0.29, 0.717) is 6.29 Å². The first-order chi connectivity index (χ1) is 5.52. The molecule has 70 valence electrons. The number of ketones is 1. The maximum absolute atomic E-state index is 11.1. The van der Waals surface area contributed by atoms with E-state index in [9.17, 15) is 9.59 Å². The van der Waals surface area contributed by atoms with E-state index in [2.05, 4.69) is 0 Å². The van der Waals surface area contributed by atoms with Gasteiger partial charge in [0.1, 0.15) is 17.5 Å². The first-order valence-electron chi connectivity index (χ1n) is 3.56. The third kappa shape index (κ3) is 1.89. The zero-order valence-corrected chi connectivity index (χ0v) is 7.79. The third-order valence-corrected chi connectivity index (χ3v) is 1.92. The van der Waals surface area contributed by atoms with Crippen LogP contribution in [0.4, 0.5) is 0 Å². The van der Waals surface area contributed by atoms with Crippen molar-refractivity contribution in [2.45, 2.75) is 20.1 Å². The summed E-state index contributed by atoms with van der Waals surface area (Å²) in [6.07, 6.45) is -0.264. The number of Topliss-reactive ketones (excluding diaryl/α,β-unsaturated/α-hetero) is 1. The van der Waals surface area contributed by atoms with Crippen molar-refractivity contribution in [3.63, 3.8) is 0 Å². The number of rotatable bonds is 5. The lowest BCUT2D eigenvalue weighted by Crippen LogP contribution is -2.42. The van der Waals surface area contributed by atoms with Gasteiger partial charge in [-0.25, -0.2) is 0 Å². The second-order valence-electron chi connectivity index (χ2n) is 2.76. The monoisotopic (exact) mass is 174 g/mol. The average molecular weight is 174 g/mol. The molecule has 0 spiro atoms. The maximum Gasteiger partial charge on any atom is 0.175 e. The molecule has 0 saturated carbocycles. The lowest BCUT2D eigenvalue weighted by atomic mass is 9.87. The first kappa shape index (κ1) is 11.3. The zero-order chi connectivity index (χ0) is 9.78. The van der Waals surface area contributed by atoms with Crippen molar-refractivity contribution in [2.24, 2.45) is 5.41 Å². The molecule has 0 fully saturated rings. The third-order valence-electron chi connectivity index (χ3n) is 1.92. The van der Waals surface area contributed by atoms with Crippen LogP contribution in [0.3, 0.4) is 0 Å². The molecule has 12 heavy (non-hydrogen) atoms.